The molecule has 4 nitrogen and oxygen atoms in total. The zero-order valence-corrected chi connectivity index (χ0v) is 10.6. The highest BCUT2D eigenvalue weighted by Crippen LogP contribution is 2.14. The minimum Gasteiger partial charge on any atom is -0.497 e. The molecule has 0 unspecified atom stereocenters. The molecule has 0 N–H and O–H groups in total. The van der Waals surface area contributed by atoms with Gasteiger partial charge in [-0.2, -0.15) is 0 Å². The number of aromatic nitrogens is 2. The van der Waals surface area contributed by atoms with Crippen molar-refractivity contribution in [2.45, 2.75) is 19.9 Å². The second-order valence-electron chi connectivity index (χ2n) is 3.96. The molecule has 0 saturated heterocycles. The SMILES string of the molecule is CCn1ccnc1CC(=O)c1cccc(OC)c1. The molecule has 0 amide bonds. The van der Waals surface area contributed by atoms with Crippen LogP contribution in [0.2, 0.25) is 0 Å². The third-order valence-corrected chi connectivity index (χ3v) is 2.85. The molecule has 0 radical (unpaired) electrons. The van der Waals surface area contributed by atoms with Crippen LogP contribution in [-0.4, -0.2) is 22.4 Å². The van der Waals surface area contributed by atoms with E-state index >= 15 is 0 Å². The van der Waals surface area contributed by atoms with Crippen LogP contribution in [0.3, 0.4) is 0 Å². The zero-order valence-electron chi connectivity index (χ0n) is 10.6. The maximum Gasteiger partial charge on any atom is 0.170 e. The van der Waals surface area contributed by atoms with E-state index in [2.05, 4.69) is 4.98 Å². The van der Waals surface area contributed by atoms with Gasteiger partial charge < -0.3 is 9.30 Å². The molecule has 0 aliphatic rings. The maximum absolute atomic E-state index is 12.1. The average Bonchev–Trinajstić information content (AvgIpc) is 2.86. The van der Waals surface area contributed by atoms with Crippen molar-refractivity contribution in [3.8, 4) is 5.75 Å². The van der Waals surface area contributed by atoms with Crippen LogP contribution in [0.1, 0.15) is 23.1 Å². The van der Waals surface area contributed by atoms with Gasteiger partial charge in [-0.1, -0.05) is 12.1 Å². The van der Waals surface area contributed by atoms with Crippen molar-refractivity contribution >= 4 is 5.78 Å². The van der Waals surface area contributed by atoms with Crippen molar-refractivity contribution in [3.05, 3.63) is 48.0 Å². The van der Waals surface area contributed by atoms with Crippen molar-refractivity contribution in [1.29, 1.82) is 0 Å². The number of carbonyl (C=O) groups is 1. The van der Waals surface area contributed by atoms with Gasteiger partial charge in [0.2, 0.25) is 0 Å². The van der Waals surface area contributed by atoms with Crippen LogP contribution in [0.4, 0.5) is 0 Å². The number of imidazole rings is 1. The first-order chi connectivity index (χ1) is 8.74. The lowest BCUT2D eigenvalue weighted by molar-refractivity contribution is 0.0989. The molecule has 18 heavy (non-hydrogen) atoms. The van der Waals surface area contributed by atoms with Gasteiger partial charge in [0.05, 0.1) is 13.5 Å². The normalized spacial score (nSPS) is 10.3. The Kier molecular flexibility index (Phi) is 3.77. The summed E-state index contributed by atoms with van der Waals surface area (Å²) in [6, 6.07) is 7.19. The second-order valence-corrected chi connectivity index (χ2v) is 3.96. The van der Waals surface area contributed by atoms with E-state index in [1.165, 1.54) is 0 Å². The van der Waals surface area contributed by atoms with Crippen LogP contribution >= 0.6 is 0 Å². The summed E-state index contributed by atoms with van der Waals surface area (Å²) in [4.78, 5) is 16.3. The smallest absolute Gasteiger partial charge is 0.170 e. The fourth-order valence-electron chi connectivity index (χ4n) is 1.84. The minimum absolute atomic E-state index is 0.0507. The standard InChI is InChI=1S/C14H16N2O2/c1-3-16-8-7-15-14(16)10-13(17)11-5-4-6-12(9-11)18-2/h4-9H,3,10H2,1-2H3. The third kappa shape index (κ3) is 2.59. The minimum atomic E-state index is 0.0507. The van der Waals surface area contributed by atoms with Gasteiger partial charge in [-0.15, -0.1) is 0 Å². The Morgan fingerprint density at radius 1 is 1.44 bits per heavy atom. The summed E-state index contributed by atoms with van der Waals surface area (Å²) < 4.78 is 7.08. The molecular weight excluding hydrogens is 228 g/mol. The molecule has 0 saturated carbocycles. The van der Waals surface area contributed by atoms with Crippen molar-refractivity contribution in [1.82, 2.24) is 9.55 Å². The maximum atomic E-state index is 12.1. The van der Waals surface area contributed by atoms with Crippen LogP contribution in [0, 0.1) is 0 Å². The average molecular weight is 244 g/mol. The number of aryl methyl sites for hydroxylation is 1. The summed E-state index contributed by atoms with van der Waals surface area (Å²) in [5.41, 5.74) is 0.653. The summed E-state index contributed by atoms with van der Waals surface area (Å²) in [5, 5.41) is 0. The molecule has 2 rings (SSSR count). The lowest BCUT2D eigenvalue weighted by Crippen LogP contribution is -2.09. The number of hydrogen-bond acceptors (Lipinski definition) is 3. The molecular formula is C14H16N2O2. The van der Waals surface area contributed by atoms with Gasteiger partial charge in [0.15, 0.2) is 5.78 Å². The molecule has 94 valence electrons. The molecule has 1 aromatic carbocycles. The van der Waals surface area contributed by atoms with E-state index in [1.54, 1.807) is 25.4 Å². The van der Waals surface area contributed by atoms with Gasteiger partial charge in [0.1, 0.15) is 11.6 Å². The number of rotatable bonds is 5. The molecule has 0 aliphatic carbocycles. The molecule has 2 aromatic rings. The first kappa shape index (κ1) is 12.4. The number of Topliss-reactive ketones (excluding diaryl/α,β-unsaturated/α-hetero) is 1. The van der Waals surface area contributed by atoms with Crippen molar-refractivity contribution in [3.63, 3.8) is 0 Å². The largest absolute Gasteiger partial charge is 0.497 e. The van der Waals surface area contributed by atoms with E-state index < -0.39 is 0 Å². The summed E-state index contributed by atoms with van der Waals surface area (Å²) in [6.07, 6.45) is 3.92. The predicted octanol–water partition coefficient (Wildman–Crippen LogP) is 2.34. The molecule has 0 bridgehead atoms. The van der Waals surface area contributed by atoms with Gasteiger partial charge in [-0.3, -0.25) is 4.79 Å². The lowest BCUT2D eigenvalue weighted by atomic mass is 10.1. The molecule has 1 heterocycles. The van der Waals surface area contributed by atoms with Crippen molar-refractivity contribution in [2.24, 2.45) is 0 Å². The summed E-state index contributed by atoms with van der Waals surface area (Å²) >= 11 is 0. The molecule has 0 atom stereocenters. The summed E-state index contributed by atoms with van der Waals surface area (Å²) in [7, 11) is 1.59. The Morgan fingerprint density at radius 3 is 3.00 bits per heavy atom. The number of methoxy groups -OCH3 is 1. The van der Waals surface area contributed by atoms with Crippen LogP contribution < -0.4 is 4.74 Å². The number of hydrogen-bond donors (Lipinski definition) is 0. The van der Waals surface area contributed by atoms with E-state index in [4.69, 9.17) is 4.74 Å². The predicted molar refractivity (Wildman–Crippen MR) is 68.9 cm³/mol. The Labute approximate surface area is 106 Å². The Hall–Kier alpha value is -2.10. The van der Waals surface area contributed by atoms with Crippen LogP contribution in [0.5, 0.6) is 5.75 Å². The summed E-state index contributed by atoms with van der Waals surface area (Å²) in [6.45, 7) is 2.85. The quantitative estimate of drug-likeness (QED) is 0.758. The second kappa shape index (κ2) is 5.49. The monoisotopic (exact) mass is 244 g/mol. The van der Waals surface area contributed by atoms with E-state index in [0.29, 0.717) is 17.7 Å². The Morgan fingerprint density at radius 2 is 2.28 bits per heavy atom. The van der Waals surface area contributed by atoms with Crippen LogP contribution in [0.15, 0.2) is 36.7 Å². The number of benzene rings is 1. The van der Waals surface area contributed by atoms with Crippen molar-refractivity contribution in [2.75, 3.05) is 7.11 Å². The van der Waals surface area contributed by atoms with E-state index in [-0.39, 0.29) is 5.78 Å². The number of ketones is 1. The molecule has 0 fully saturated rings. The van der Waals surface area contributed by atoms with Gasteiger partial charge in [0.25, 0.3) is 0 Å². The lowest BCUT2D eigenvalue weighted by Gasteiger charge is -2.05. The fraction of sp³-hybridized carbons (Fsp3) is 0.286. The van der Waals surface area contributed by atoms with Crippen LogP contribution in [0.25, 0.3) is 0 Å². The Bertz CT molecular complexity index is 546. The van der Waals surface area contributed by atoms with E-state index in [9.17, 15) is 4.79 Å². The van der Waals surface area contributed by atoms with Gasteiger partial charge in [-0.25, -0.2) is 4.98 Å². The van der Waals surface area contributed by atoms with Gasteiger partial charge >= 0.3 is 0 Å². The first-order valence-electron chi connectivity index (χ1n) is 5.92. The highest BCUT2D eigenvalue weighted by Gasteiger charge is 2.11. The Balaban J connectivity index is 2.16. The highest BCUT2D eigenvalue weighted by molar-refractivity contribution is 5.97. The zero-order chi connectivity index (χ0) is 13.0. The number of ether oxygens (including phenoxy) is 1. The molecule has 4 heteroatoms. The molecule has 0 aliphatic heterocycles. The topological polar surface area (TPSA) is 44.1 Å². The molecule has 0 spiro atoms. The van der Waals surface area contributed by atoms with Gasteiger partial charge in [0, 0.05) is 24.5 Å². The van der Waals surface area contributed by atoms with E-state index in [1.807, 2.05) is 29.8 Å². The number of nitrogens with zero attached hydrogens (tertiary/aromatic N) is 2. The first-order valence-corrected chi connectivity index (χ1v) is 5.92. The summed E-state index contributed by atoms with van der Waals surface area (Å²) in [5.74, 6) is 1.54. The van der Waals surface area contributed by atoms with Crippen LogP contribution in [-0.2, 0) is 13.0 Å². The van der Waals surface area contributed by atoms with Crippen molar-refractivity contribution < 1.29 is 9.53 Å². The third-order valence-electron chi connectivity index (χ3n) is 2.85. The number of carbonyl (C=O) groups excluding carboxylic acids is 1. The highest BCUT2D eigenvalue weighted by atomic mass is 16.5. The molecule has 1 aromatic heterocycles. The fourth-order valence-corrected chi connectivity index (χ4v) is 1.84. The van der Waals surface area contributed by atoms with Gasteiger partial charge in [-0.05, 0) is 19.1 Å². The van der Waals surface area contributed by atoms with E-state index in [0.717, 1.165) is 12.4 Å².